The Labute approximate surface area is 183 Å². The van der Waals surface area contributed by atoms with Crippen molar-refractivity contribution in [1.82, 2.24) is 0 Å². The van der Waals surface area contributed by atoms with Gasteiger partial charge < -0.3 is 10.2 Å². The van der Waals surface area contributed by atoms with E-state index in [0.29, 0.717) is 0 Å². The van der Waals surface area contributed by atoms with Crippen LogP contribution >= 0.6 is 23.5 Å². The molecular weight excluding hydrogens is 392 g/mol. The molecule has 2 nitrogen and oxygen atoms in total. The van der Waals surface area contributed by atoms with E-state index in [-0.39, 0.29) is 0 Å². The second-order valence-electron chi connectivity index (χ2n) is 6.35. The Kier molecular flexibility index (Phi) is 8.59. The lowest BCUT2D eigenvalue weighted by Gasteiger charge is -2.17. The average Bonchev–Trinajstić information content (AvgIpc) is 3.11. The van der Waals surface area contributed by atoms with Gasteiger partial charge in [0.05, 0.1) is 10.7 Å². The van der Waals surface area contributed by atoms with Crippen LogP contribution in [0.15, 0.2) is 106 Å². The molecule has 0 saturated heterocycles. The van der Waals surface area contributed by atoms with Crippen molar-refractivity contribution in [3.8, 4) is 0 Å². The molecule has 0 spiro atoms. The zero-order valence-electron chi connectivity index (χ0n) is 17.0. The fourth-order valence-electron chi connectivity index (χ4n) is 3.03. The minimum absolute atomic E-state index is 0.944. The predicted octanol–water partition coefficient (Wildman–Crippen LogP) is 7.35. The van der Waals surface area contributed by atoms with Crippen molar-refractivity contribution in [2.75, 3.05) is 29.1 Å². The first kappa shape index (κ1) is 21.4. The van der Waals surface area contributed by atoms with Crippen LogP contribution < -0.4 is 10.2 Å². The van der Waals surface area contributed by atoms with Gasteiger partial charge in [-0.25, -0.2) is 0 Å². The second kappa shape index (κ2) is 11.6. The summed E-state index contributed by atoms with van der Waals surface area (Å²) < 4.78 is 0. The Bertz CT molecular complexity index is 913. The Hall–Kier alpha value is -2.30. The Morgan fingerprint density at radius 3 is 2.55 bits per heavy atom. The van der Waals surface area contributed by atoms with E-state index in [2.05, 4.69) is 115 Å². The van der Waals surface area contributed by atoms with Crippen molar-refractivity contribution in [3.05, 3.63) is 96.1 Å². The van der Waals surface area contributed by atoms with Crippen molar-refractivity contribution in [2.24, 2.45) is 0 Å². The number of rotatable bonds is 9. The quantitative estimate of drug-likeness (QED) is 0.337. The number of para-hydroxylation sites is 2. The largest absolute Gasteiger partial charge is 0.384 e. The highest BCUT2D eigenvalue weighted by molar-refractivity contribution is 8.03. The molecule has 2 aromatic rings. The van der Waals surface area contributed by atoms with Crippen LogP contribution in [-0.4, -0.2) is 18.8 Å². The molecule has 29 heavy (non-hydrogen) atoms. The maximum absolute atomic E-state index is 3.41. The van der Waals surface area contributed by atoms with Crippen molar-refractivity contribution in [1.29, 1.82) is 0 Å². The smallest absolute Gasteiger partial charge is 0.0801 e. The fourth-order valence-corrected chi connectivity index (χ4v) is 5.03. The molecule has 1 aliphatic heterocycles. The summed E-state index contributed by atoms with van der Waals surface area (Å²) in [7, 11) is 0. The molecule has 0 saturated carbocycles. The maximum Gasteiger partial charge on any atom is 0.0801 e. The maximum atomic E-state index is 3.41. The number of nitrogens with one attached hydrogen (secondary N) is 1. The van der Waals surface area contributed by atoms with Gasteiger partial charge in [-0.3, -0.25) is 0 Å². The van der Waals surface area contributed by atoms with Crippen LogP contribution in [0.3, 0.4) is 0 Å². The first-order valence-electron chi connectivity index (χ1n) is 10.0. The molecule has 0 unspecified atom stereocenters. The van der Waals surface area contributed by atoms with Crippen LogP contribution in [0.4, 0.5) is 11.4 Å². The number of hydrogen-bond acceptors (Lipinski definition) is 4. The number of anilines is 2. The molecule has 0 amide bonds. The summed E-state index contributed by atoms with van der Waals surface area (Å²) in [6, 6.07) is 17.1. The topological polar surface area (TPSA) is 15.3 Å². The molecule has 1 heterocycles. The molecule has 0 aliphatic carbocycles. The van der Waals surface area contributed by atoms with Gasteiger partial charge in [0.2, 0.25) is 0 Å². The van der Waals surface area contributed by atoms with Gasteiger partial charge in [0.1, 0.15) is 0 Å². The van der Waals surface area contributed by atoms with Crippen molar-refractivity contribution in [3.63, 3.8) is 0 Å². The molecule has 0 aromatic heterocycles. The summed E-state index contributed by atoms with van der Waals surface area (Å²) in [5.41, 5.74) is 2.53. The molecule has 150 valence electrons. The summed E-state index contributed by atoms with van der Waals surface area (Å²) >= 11 is 3.69. The van der Waals surface area contributed by atoms with E-state index in [9.17, 15) is 0 Å². The van der Waals surface area contributed by atoms with E-state index < -0.39 is 0 Å². The fraction of sp³-hybridized carbons (Fsp3) is 0.200. The number of hydrogen-bond donors (Lipinski definition) is 1. The van der Waals surface area contributed by atoms with Crippen LogP contribution in [0.25, 0.3) is 0 Å². The number of nitrogens with zero attached hydrogens (tertiary/aromatic N) is 1. The van der Waals surface area contributed by atoms with Gasteiger partial charge in [0, 0.05) is 34.3 Å². The van der Waals surface area contributed by atoms with E-state index in [4.69, 9.17) is 0 Å². The Morgan fingerprint density at radius 1 is 0.931 bits per heavy atom. The number of allylic oxidation sites excluding steroid dienone is 6. The zero-order valence-corrected chi connectivity index (χ0v) is 18.7. The van der Waals surface area contributed by atoms with Crippen LogP contribution in [-0.2, 0) is 0 Å². The van der Waals surface area contributed by atoms with Gasteiger partial charge in [0.15, 0.2) is 0 Å². The summed E-state index contributed by atoms with van der Waals surface area (Å²) in [5.74, 6) is 0.959. The first-order valence-corrected chi connectivity index (χ1v) is 11.8. The lowest BCUT2D eigenvalue weighted by Crippen LogP contribution is -2.16. The van der Waals surface area contributed by atoms with Crippen LogP contribution in [0.2, 0.25) is 0 Å². The van der Waals surface area contributed by atoms with Crippen LogP contribution in [0.5, 0.6) is 0 Å². The van der Waals surface area contributed by atoms with Gasteiger partial charge in [-0.05, 0) is 44.2 Å². The minimum Gasteiger partial charge on any atom is -0.384 e. The molecule has 0 bridgehead atoms. The molecule has 0 atom stereocenters. The lowest BCUT2D eigenvalue weighted by atomic mass is 10.3. The van der Waals surface area contributed by atoms with Crippen molar-refractivity contribution >= 4 is 34.9 Å². The van der Waals surface area contributed by atoms with Gasteiger partial charge in [-0.1, -0.05) is 72.5 Å². The molecule has 1 N–H and O–H groups in total. The molecule has 0 fully saturated rings. The lowest BCUT2D eigenvalue weighted by molar-refractivity contribution is 1.00. The van der Waals surface area contributed by atoms with Gasteiger partial charge in [-0.2, -0.15) is 0 Å². The highest BCUT2D eigenvalue weighted by Gasteiger charge is 2.22. The summed E-state index contributed by atoms with van der Waals surface area (Å²) in [6.45, 7) is 6.25. The first-order chi connectivity index (χ1) is 14.3. The van der Waals surface area contributed by atoms with Gasteiger partial charge in [-0.15, -0.1) is 11.8 Å². The highest BCUT2D eigenvalue weighted by Crippen LogP contribution is 2.45. The van der Waals surface area contributed by atoms with Crippen LogP contribution in [0, 0.1) is 0 Å². The summed E-state index contributed by atoms with van der Waals surface area (Å²) in [4.78, 5) is 4.99. The van der Waals surface area contributed by atoms with E-state index in [1.54, 1.807) is 0 Å². The molecule has 4 heteroatoms. The third-order valence-corrected chi connectivity index (χ3v) is 6.52. The summed E-state index contributed by atoms with van der Waals surface area (Å²) in [5, 5.41) is 4.69. The normalized spacial score (nSPS) is 15.2. The molecule has 1 aliphatic rings. The van der Waals surface area contributed by atoms with E-state index >= 15 is 0 Å². The predicted molar refractivity (Wildman–Crippen MR) is 132 cm³/mol. The standard InChI is InChI=1S/C25H28N2S2/c1-3-26-21-15-10-12-17-23(21)28-20-14-8-6-5-7-9-19-25-27(4-2)22-16-11-13-18-24(22)29-25/h5-19,26H,3-4,20H2,1-2H3/b6-5+,9-7+,14-8+,25-19+. The monoisotopic (exact) mass is 420 g/mol. The summed E-state index contributed by atoms with van der Waals surface area (Å²) in [6.07, 6.45) is 14.9. The number of benzene rings is 2. The average molecular weight is 421 g/mol. The number of fused-ring (bicyclic) bond motifs is 1. The molecule has 2 aromatic carbocycles. The van der Waals surface area contributed by atoms with Gasteiger partial charge in [0.25, 0.3) is 0 Å². The van der Waals surface area contributed by atoms with E-state index in [1.807, 2.05) is 23.5 Å². The van der Waals surface area contributed by atoms with Crippen molar-refractivity contribution < 1.29 is 0 Å². The minimum atomic E-state index is 0.944. The van der Waals surface area contributed by atoms with Crippen molar-refractivity contribution in [2.45, 2.75) is 23.6 Å². The second-order valence-corrected chi connectivity index (χ2v) is 8.48. The third kappa shape index (κ3) is 6.09. The molecular formula is C25H28N2S2. The van der Waals surface area contributed by atoms with Crippen LogP contribution in [0.1, 0.15) is 13.8 Å². The Morgan fingerprint density at radius 2 is 1.69 bits per heavy atom. The molecule has 0 radical (unpaired) electrons. The zero-order chi connectivity index (χ0) is 20.3. The van der Waals surface area contributed by atoms with E-state index in [0.717, 1.165) is 18.8 Å². The Balaban J connectivity index is 1.46. The SMILES string of the molecule is CCNc1ccccc1SC/C=C/C=C/C=C/C=C1/Sc2ccccc2N1CC. The molecule has 3 rings (SSSR count). The third-order valence-electron chi connectivity index (χ3n) is 4.36. The van der Waals surface area contributed by atoms with E-state index in [1.165, 1.54) is 26.2 Å². The highest BCUT2D eigenvalue weighted by atomic mass is 32.2. The van der Waals surface area contributed by atoms with Gasteiger partial charge >= 0.3 is 0 Å². The number of thioether (sulfide) groups is 2.